The van der Waals surface area contributed by atoms with Gasteiger partial charge in [0.1, 0.15) is 0 Å². The number of para-hydroxylation sites is 1. The van der Waals surface area contributed by atoms with E-state index in [1.165, 1.54) is 0 Å². The van der Waals surface area contributed by atoms with Gasteiger partial charge in [-0.3, -0.25) is 9.78 Å². The average molecular weight is 313 g/mol. The minimum Gasteiger partial charge on any atom is -0.385 e. The number of anilines is 2. The van der Waals surface area contributed by atoms with Crippen molar-refractivity contribution in [3.63, 3.8) is 0 Å². The molecular weight excluding hydrogens is 290 g/mol. The number of methoxy groups -OCH3 is 1. The number of aromatic nitrogens is 1. The number of hydrogen-bond acceptors (Lipinski definition) is 4. The van der Waals surface area contributed by atoms with Gasteiger partial charge < -0.3 is 15.4 Å². The molecule has 0 radical (unpaired) electrons. The molecule has 0 unspecified atom stereocenters. The summed E-state index contributed by atoms with van der Waals surface area (Å²) in [7, 11) is 1.65. The van der Waals surface area contributed by atoms with Crippen LogP contribution in [0.1, 0.15) is 27.9 Å². The normalized spacial score (nSPS) is 10.4. The molecule has 1 amide bonds. The predicted molar refractivity (Wildman–Crippen MR) is 92.3 cm³/mol. The highest BCUT2D eigenvalue weighted by Crippen LogP contribution is 2.24. The SMILES string of the molecule is COCCCNC(=O)c1cncc(Nc2c(C)cccc2C)c1. The number of nitrogens with one attached hydrogen (secondary N) is 2. The van der Waals surface area contributed by atoms with Crippen molar-refractivity contribution in [2.75, 3.05) is 25.6 Å². The standard InChI is InChI=1S/C18H23N3O2/c1-13-6-4-7-14(2)17(13)21-16-10-15(11-19-12-16)18(22)20-8-5-9-23-3/h4,6-7,10-12,21H,5,8-9H2,1-3H3,(H,20,22). The topological polar surface area (TPSA) is 63.2 Å². The maximum absolute atomic E-state index is 12.1. The van der Waals surface area contributed by atoms with E-state index < -0.39 is 0 Å². The van der Waals surface area contributed by atoms with Crippen LogP contribution in [0.2, 0.25) is 0 Å². The number of carbonyl (C=O) groups excluding carboxylic acids is 1. The second-order valence-corrected chi connectivity index (χ2v) is 5.46. The second-order valence-electron chi connectivity index (χ2n) is 5.46. The summed E-state index contributed by atoms with van der Waals surface area (Å²) in [5, 5.41) is 6.21. The Morgan fingerprint density at radius 2 is 1.96 bits per heavy atom. The molecule has 1 heterocycles. The molecule has 23 heavy (non-hydrogen) atoms. The van der Waals surface area contributed by atoms with Gasteiger partial charge in [-0.05, 0) is 37.5 Å². The molecule has 1 aromatic carbocycles. The van der Waals surface area contributed by atoms with Crippen LogP contribution in [-0.4, -0.2) is 31.2 Å². The summed E-state index contributed by atoms with van der Waals surface area (Å²) in [6, 6.07) is 7.94. The Kier molecular flexibility index (Phi) is 6.11. The molecule has 0 aliphatic heterocycles. The molecule has 1 aromatic heterocycles. The predicted octanol–water partition coefficient (Wildman–Crippen LogP) is 3.21. The van der Waals surface area contributed by atoms with E-state index in [2.05, 4.69) is 41.6 Å². The van der Waals surface area contributed by atoms with Crippen LogP contribution in [0.5, 0.6) is 0 Å². The lowest BCUT2D eigenvalue weighted by atomic mass is 10.1. The molecule has 0 spiro atoms. The highest BCUT2D eigenvalue weighted by molar-refractivity contribution is 5.94. The van der Waals surface area contributed by atoms with Crippen LogP contribution in [0.4, 0.5) is 11.4 Å². The van der Waals surface area contributed by atoms with Crippen molar-refractivity contribution in [1.29, 1.82) is 0 Å². The van der Waals surface area contributed by atoms with Crippen molar-refractivity contribution in [1.82, 2.24) is 10.3 Å². The van der Waals surface area contributed by atoms with Gasteiger partial charge in [0.05, 0.1) is 17.4 Å². The van der Waals surface area contributed by atoms with Gasteiger partial charge in [0.25, 0.3) is 5.91 Å². The lowest BCUT2D eigenvalue weighted by molar-refractivity contribution is 0.0948. The number of nitrogens with zero attached hydrogens (tertiary/aromatic N) is 1. The molecule has 5 heteroatoms. The van der Waals surface area contributed by atoms with Crippen molar-refractivity contribution in [3.8, 4) is 0 Å². The Morgan fingerprint density at radius 1 is 1.22 bits per heavy atom. The van der Waals surface area contributed by atoms with Crippen LogP contribution in [-0.2, 0) is 4.74 Å². The number of carbonyl (C=O) groups is 1. The van der Waals surface area contributed by atoms with E-state index in [-0.39, 0.29) is 5.91 Å². The zero-order valence-electron chi connectivity index (χ0n) is 13.8. The lowest BCUT2D eigenvalue weighted by Crippen LogP contribution is -2.25. The average Bonchev–Trinajstić information content (AvgIpc) is 2.55. The first kappa shape index (κ1) is 17.0. The van der Waals surface area contributed by atoms with Gasteiger partial charge in [0.2, 0.25) is 0 Å². The molecule has 0 saturated carbocycles. The van der Waals surface area contributed by atoms with Gasteiger partial charge in [-0.2, -0.15) is 0 Å². The Morgan fingerprint density at radius 3 is 2.65 bits per heavy atom. The summed E-state index contributed by atoms with van der Waals surface area (Å²) in [6.07, 6.45) is 4.07. The largest absolute Gasteiger partial charge is 0.385 e. The van der Waals surface area contributed by atoms with Gasteiger partial charge >= 0.3 is 0 Å². The molecule has 0 bridgehead atoms. The van der Waals surface area contributed by atoms with Crippen LogP contribution in [0.15, 0.2) is 36.7 Å². The fourth-order valence-corrected chi connectivity index (χ4v) is 2.31. The van der Waals surface area contributed by atoms with Crippen LogP contribution in [0.25, 0.3) is 0 Å². The number of amides is 1. The van der Waals surface area contributed by atoms with Crippen molar-refractivity contribution < 1.29 is 9.53 Å². The maximum Gasteiger partial charge on any atom is 0.252 e. The highest BCUT2D eigenvalue weighted by Gasteiger charge is 2.08. The van der Waals surface area contributed by atoms with Gasteiger partial charge in [0.15, 0.2) is 0 Å². The third kappa shape index (κ3) is 4.79. The van der Waals surface area contributed by atoms with Gasteiger partial charge in [-0.25, -0.2) is 0 Å². The molecule has 2 rings (SSSR count). The van der Waals surface area contributed by atoms with Gasteiger partial charge in [-0.1, -0.05) is 18.2 Å². The van der Waals surface area contributed by atoms with Gasteiger partial charge in [0, 0.05) is 32.1 Å². The summed E-state index contributed by atoms with van der Waals surface area (Å²) in [5.74, 6) is -0.126. The van der Waals surface area contributed by atoms with E-state index in [4.69, 9.17) is 4.74 Å². The minimum atomic E-state index is -0.126. The van der Waals surface area contributed by atoms with E-state index in [1.807, 2.05) is 12.1 Å². The number of pyridine rings is 1. The van der Waals surface area contributed by atoms with E-state index in [1.54, 1.807) is 19.5 Å². The van der Waals surface area contributed by atoms with Crippen LogP contribution in [0.3, 0.4) is 0 Å². The summed E-state index contributed by atoms with van der Waals surface area (Å²) < 4.78 is 4.96. The van der Waals surface area contributed by atoms with E-state index >= 15 is 0 Å². The Balaban J connectivity index is 2.06. The van der Waals surface area contributed by atoms with Crippen LogP contribution >= 0.6 is 0 Å². The summed E-state index contributed by atoms with van der Waals surface area (Å²) >= 11 is 0. The fraction of sp³-hybridized carbons (Fsp3) is 0.333. The molecule has 0 saturated heterocycles. The Hall–Kier alpha value is -2.40. The molecule has 5 nitrogen and oxygen atoms in total. The number of rotatable bonds is 7. The lowest BCUT2D eigenvalue weighted by Gasteiger charge is -2.13. The molecule has 0 aliphatic carbocycles. The molecule has 2 aromatic rings. The van der Waals surface area contributed by atoms with Crippen molar-refractivity contribution in [2.45, 2.75) is 20.3 Å². The van der Waals surface area contributed by atoms with E-state index in [0.717, 1.165) is 28.9 Å². The van der Waals surface area contributed by atoms with E-state index in [9.17, 15) is 4.79 Å². The molecule has 0 aliphatic rings. The molecule has 0 atom stereocenters. The smallest absolute Gasteiger partial charge is 0.252 e. The quantitative estimate of drug-likeness (QED) is 0.771. The first-order valence-corrected chi connectivity index (χ1v) is 7.67. The Labute approximate surface area is 137 Å². The Bertz CT molecular complexity index is 651. The summed E-state index contributed by atoms with van der Waals surface area (Å²) in [5.41, 5.74) is 4.69. The van der Waals surface area contributed by atoms with E-state index in [0.29, 0.717) is 18.7 Å². The fourth-order valence-electron chi connectivity index (χ4n) is 2.31. The second kappa shape index (κ2) is 8.29. The van der Waals surface area contributed by atoms with Crippen LogP contribution in [0, 0.1) is 13.8 Å². The monoisotopic (exact) mass is 313 g/mol. The van der Waals surface area contributed by atoms with Crippen molar-refractivity contribution in [2.24, 2.45) is 0 Å². The first-order valence-electron chi connectivity index (χ1n) is 7.67. The molecule has 2 N–H and O–H groups in total. The van der Waals surface area contributed by atoms with Crippen LogP contribution < -0.4 is 10.6 Å². The number of hydrogen-bond donors (Lipinski definition) is 2. The third-order valence-corrected chi connectivity index (χ3v) is 3.56. The third-order valence-electron chi connectivity index (χ3n) is 3.56. The summed E-state index contributed by atoms with van der Waals surface area (Å²) in [6.45, 7) is 5.32. The zero-order valence-corrected chi connectivity index (χ0v) is 13.8. The molecule has 122 valence electrons. The highest BCUT2D eigenvalue weighted by atomic mass is 16.5. The minimum absolute atomic E-state index is 0.126. The number of ether oxygens (including phenoxy) is 1. The molecular formula is C18H23N3O2. The summed E-state index contributed by atoms with van der Waals surface area (Å²) in [4.78, 5) is 16.3. The van der Waals surface area contributed by atoms with Crippen molar-refractivity contribution in [3.05, 3.63) is 53.3 Å². The number of benzene rings is 1. The molecule has 0 fully saturated rings. The van der Waals surface area contributed by atoms with Crippen molar-refractivity contribution >= 4 is 17.3 Å². The number of aryl methyl sites for hydroxylation is 2. The first-order chi connectivity index (χ1) is 11.1. The maximum atomic E-state index is 12.1. The zero-order chi connectivity index (χ0) is 16.7. The van der Waals surface area contributed by atoms with Gasteiger partial charge in [-0.15, -0.1) is 0 Å².